The number of piperidine rings is 1. The van der Waals surface area contributed by atoms with Crippen molar-refractivity contribution in [2.45, 2.75) is 58.3 Å². The topological polar surface area (TPSA) is 60.0 Å². The van der Waals surface area contributed by atoms with Crippen molar-refractivity contribution in [2.75, 3.05) is 53.9 Å². The van der Waals surface area contributed by atoms with E-state index in [1.165, 1.54) is 38.9 Å². The third-order valence-corrected chi connectivity index (χ3v) is 6.31. The number of rotatable bonds is 8. The van der Waals surface area contributed by atoms with Gasteiger partial charge in [-0.15, -0.1) is 0 Å². The highest BCUT2D eigenvalue weighted by molar-refractivity contribution is 5.85. The van der Waals surface area contributed by atoms with E-state index in [-0.39, 0.29) is 11.3 Å². The molecule has 1 aliphatic heterocycles. The molecule has 27 heavy (non-hydrogen) atoms. The predicted octanol–water partition coefficient (Wildman–Crippen LogP) is 2.31. The number of likely N-dealkylation sites (tertiary alicyclic amines) is 1. The molecule has 2 N–H and O–H groups in total. The van der Waals surface area contributed by atoms with E-state index in [0.29, 0.717) is 6.54 Å². The summed E-state index contributed by atoms with van der Waals surface area (Å²) in [4.78, 5) is 21.3. The molecule has 0 aromatic rings. The summed E-state index contributed by atoms with van der Waals surface area (Å²) >= 11 is 0. The van der Waals surface area contributed by atoms with Crippen molar-refractivity contribution in [3.63, 3.8) is 0 Å². The van der Waals surface area contributed by atoms with Crippen LogP contribution < -0.4 is 10.6 Å². The number of aliphatic imine (C=N–C) groups is 1. The van der Waals surface area contributed by atoms with Crippen molar-refractivity contribution in [3.05, 3.63) is 0 Å². The van der Waals surface area contributed by atoms with Crippen LogP contribution in [0.5, 0.6) is 0 Å². The predicted molar refractivity (Wildman–Crippen MR) is 113 cm³/mol. The number of nitrogens with one attached hydrogen (secondary N) is 2. The smallest absolute Gasteiger partial charge is 0.230 e. The molecule has 6 nitrogen and oxygen atoms in total. The number of unbranched alkanes of at least 4 members (excludes halogenated alkanes) is 1. The Kier molecular flexibility index (Phi) is 8.87. The summed E-state index contributed by atoms with van der Waals surface area (Å²) in [5.74, 6) is 1.97. The SMILES string of the molecule is CN=C(NCCCCN1CCC(C)CC1)NCC1(C(=O)N(C)C)CCCC1. The molecule has 1 saturated carbocycles. The molecule has 156 valence electrons. The number of nitrogens with zero attached hydrogens (tertiary/aromatic N) is 3. The first-order valence-electron chi connectivity index (χ1n) is 10.9. The first-order valence-corrected chi connectivity index (χ1v) is 10.9. The number of carbonyl (C=O) groups is 1. The molecule has 2 rings (SSSR count). The van der Waals surface area contributed by atoms with Crippen LogP contribution >= 0.6 is 0 Å². The fraction of sp³-hybridized carbons (Fsp3) is 0.905. The Morgan fingerprint density at radius 3 is 2.41 bits per heavy atom. The van der Waals surface area contributed by atoms with E-state index in [9.17, 15) is 4.79 Å². The molecule has 0 bridgehead atoms. The Balaban J connectivity index is 1.66. The minimum absolute atomic E-state index is 0.249. The van der Waals surface area contributed by atoms with Gasteiger partial charge in [0.25, 0.3) is 0 Å². The van der Waals surface area contributed by atoms with Gasteiger partial charge in [0, 0.05) is 34.2 Å². The second-order valence-corrected chi connectivity index (χ2v) is 8.77. The fourth-order valence-electron chi connectivity index (χ4n) is 4.42. The maximum atomic E-state index is 12.7. The molecule has 2 aliphatic rings. The molecule has 0 aromatic heterocycles. The maximum Gasteiger partial charge on any atom is 0.230 e. The summed E-state index contributed by atoms with van der Waals surface area (Å²) in [7, 11) is 5.52. The fourth-order valence-corrected chi connectivity index (χ4v) is 4.42. The van der Waals surface area contributed by atoms with Gasteiger partial charge in [0.2, 0.25) is 5.91 Å². The van der Waals surface area contributed by atoms with Crippen LogP contribution in [0.2, 0.25) is 0 Å². The molecular formula is C21H41N5O. The molecule has 0 atom stereocenters. The minimum atomic E-state index is -0.257. The third-order valence-electron chi connectivity index (χ3n) is 6.31. The summed E-state index contributed by atoms with van der Waals surface area (Å²) in [6.45, 7) is 7.70. The molecule has 1 saturated heterocycles. The van der Waals surface area contributed by atoms with E-state index in [1.807, 2.05) is 14.1 Å². The van der Waals surface area contributed by atoms with Gasteiger partial charge in [-0.1, -0.05) is 19.8 Å². The molecule has 0 aromatic carbocycles. The van der Waals surface area contributed by atoms with Gasteiger partial charge in [-0.3, -0.25) is 9.79 Å². The largest absolute Gasteiger partial charge is 0.356 e. The van der Waals surface area contributed by atoms with Gasteiger partial charge < -0.3 is 20.4 Å². The van der Waals surface area contributed by atoms with Crippen molar-refractivity contribution in [1.82, 2.24) is 20.4 Å². The molecule has 2 fully saturated rings. The third kappa shape index (κ3) is 6.66. The molecule has 0 radical (unpaired) electrons. The first kappa shape index (κ1) is 22.0. The highest BCUT2D eigenvalue weighted by Gasteiger charge is 2.42. The monoisotopic (exact) mass is 379 g/mol. The number of guanidine groups is 1. The van der Waals surface area contributed by atoms with Gasteiger partial charge in [-0.2, -0.15) is 0 Å². The van der Waals surface area contributed by atoms with E-state index < -0.39 is 0 Å². The van der Waals surface area contributed by atoms with Crippen molar-refractivity contribution in [1.29, 1.82) is 0 Å². The molecule has 0 spiro atoms. The van der Waals surface area contributed by atoms with Crippen LogP contribution in [0.1, 0.15) is 58.3 Å². The lowest BCUT2D eigenvalue weighted by Gasteiger charge is -2.31. The van der Waals surface area contributed by atoms with Gasteiger partial charge >= 0.3 is 0 Å². The van der Waals surface area contributed by atoms with Crippen LogP contribution in [0.4, 0.5) is 0 Å². The normalized spacial score (nSPS) is 21.3. The summed E-state index contributed by atoms with van der Waals surface area (Å²) in [6.07, 6.45) is 9.30. The lowest BCUT2D eigenvalue weighted by atomic mass is 9.84. The molecule has 6 heteroatoms. The highest BCUT2D eigenvalue weighted by atomic mass is 16.2. The van der Waals surface area contributed by atoms with Crippen LogP contribution in [-0.4, -0.2) is 75.5 Å². The van der Waals surface area contributed by atoms with Gasteiger partial charge in [-0.25, -0.2) is 0 Å². The summed E-state index contributed by atoms with van der Waals surface area (Å²) in [6, 6.07) is 0. The Hall–Kier alpha value is -1.30. The molecule has 1 amide bonds. The van der Waals surface area contributed by atoms with Gasteiger partial charge in [-0.05, 0) is 64.1 Å². The number of hydrogen-bond donors (Lipinski definition) is 2. The van der Waals surface area contributed by atoms with E-state index >= 15 is 0 Å². The molecule has 1 aliphatic carbocycles. The summed E-state index contributed by atoms with van der Waals surface area (Å²) in [5.41, 5.74) is -0.257. The summed E-state index contributed by atoms with van der Waals surface area (Å²) in [5, 5.41) is 6.83. The van der Waals surface area contributed by atoms with Crippen molar-refractivity contribution in [3.8, 4) is 0 Å². The maximum absolute atomic E-state index is 12.7. The highest BCUT2D eigenvalue weighted by Crippen LogP contribution is 2.38. The number of amides is 1. The van der Waals surface area contributed by atoms with E-state index in [0.717, 1.165) is 50.5 Å². The zero-order valence-corrected chi connectivity index (χ0v) is 18.0. The Labute approximate surface area is 166 Å². The Morgan fingerprint density at radius 2 is 1.81 bits per heavy atom. The van der Waals surface area contributed by atoms with Gasteiger partial charge in [0.15, 0.2) is 5.96 Å². The Bertz CT molecular complexity index is 477. The zero-order valence-electron chi connectivity index (χ0n) is 18.0. The number of carbonyl (C=O) groups excluding carboxylic acids is 1. The van der Waals surface area contributed by atoms with E-state index in [1.54, 1.807) is 11.9 Å². The summed E-state index contributed by atoms with van der Waals surface area (Å²) < 4.78 is 0. The van der Waals surface area contributed by atoms with Crippen LogP contribution in [-0.2, 0) is 4.79 Å². The van der Waals surface area contributed by atoms with Crippen LogP contribution in [0.3, 0.4) is 0 Å². The first-order chi connectivity index (χ1) is 13.0. The second-order valence-electron chi connectivity index (χ2n) is 8.77. The zero-order chi connectivity index (χ0) is 19.7. The minimum Gasteiger partial charge on any atom is -0.356 e. The lowest BCUT2D eigenvalue weighted by molar-refractivity contribution is -0.138. The molecule has 1 heterocycles. The molecular weight excluding hydrogens is 338 g/mol. The molecule has 0 unspecified atom stereocenters. The average molecular weight is 380 g/mol. The van der Waals surface area contributed by atoms with Crippen LogP contribution in [0.25, 0.3) is 0 Å². The van der Waals surface area contributed by atoms with Crippen molar-refractivity contribution < 1.29 is 4.79 Å². The van der Waals surface area contributed by atoms with Crippen LogP contribution in [0.15, 0.2) is 4.99 Å². The lowest BCUT2D eigenvalue weighted by Crippen LogP contribution is -2.49. The van der Waals surface area contributed by atoms with Crippen molar-refractivity contribution in [2.24, 2.45) is 16.3 Å². The van der Waals surface area contributed by atoms with E-state index in [2.05, 4.69) is 27.4 Å². The Morgan fingerprint density at radius 1 is 1.15 bits per heavy atom. The standard InChI is InChI=1S/C21H41N5O/c1-18-9-15-26(16-10-18)14-8-7-13-23-20(22-2)24-17-21(11-5-6-12-21)19(27)25(3)4/h18H,5-17H2,1-4H3,(H2,22,23,24). The quantitative estimate of drug-likeness (QED) is 0.386. The number of hydrogen-bond acceptors (Lipinski definition) is 3. The second kappa shape index (κ2) is 10.9. The van der Waals surface area contributed by atoms with Crippen LogP contribution in [0, 0.1) is 11.3 Å². The average Bonchev–Trinajstić information content (AvgIpc) is 3.14. The van der Waals surface area contributed by atoms with Gasteiger partial charge in [0.05, 0.1) is 5.41 Å². The van der Waals surface area contributed by atoms with Gasteiger partial charge in [0.1, 0.15) is 0 Å². The van der Waals surface area contributed by atoms with E-state index in [4.69, 9.17) is 0 Å². The van der Waals surface area contributed by atoms with Crippen molar-refractivity contribution >= 4 is 11.9 Å².